The van der Waals surface area contributed by atoms with Gasteiger partial charge in [0, 0.05) is 58.0 Å². The molecule has 0 bridgehead atoms. The number of nitrogens with zero attached hydrogens (tertiary/aromatic N) is 4. The molecule has 1 aliphatic heterocycles. The molecule has 132 valence electrons. The van der Waals surface area contributed by atoms with Gasteiger partial charge in [0.2, 0.25) is 0 Å². The van der Waals surface area contributed by atoms with Crippen LogP contribution in [0.1, 0.15) is 15.9 Å². The topological polar surface area (TPSA) is 39.7 Å². The van der Waals surface area contributed by atoms with Crippen LogP contribution in [0, 0.1) is 0 Å². The second-order valence-corrected chi connectivity index (χ2v) is 6.93. The molecule has 1 fully saturated rings. The Balaban J connectivity index is 1.55. The summed E-state index contributed by atoms with van der Waals surface area (Å²) in [6.07, 6.45) is 1.66. The fourth-order valence-electron chi connectivity index (χ4n) is 2.96. The molecular formula is C19H23ClN4O. The summed E-state index contributed by atoms with van der Waals surface area (Å²) < 4.78 is 0. The second-order valence-electron chi connectivity index (χ2n) is 6.50. The first-order chi connectivity index (χ1) is 12.0. The van der Waals surface area contributed by atoms with Crippen LogP contribution < -0.4 is 4.90 Å². The molecule has 1 aromatic heterocycles. The lowest BCUT2D eigenvalue weighted by Crippen LogP contribution is -2.48. The minimum Gasteiger partial charge on any atom is -0.363 e. The van der Waals surface area contributed by atoms with Crippen molar-refractivity contribution in [3.63, 3.8) is 0 Å². The van der Waals surface area contributed by atoms with Crippen molar-refractivity contribution in [2.75, 3.05) is 45.2 Å². The van der Waals surface area contributed by atoms with Gasteiger partial charge in [-0.1, -0.05) is 23.7 Å². The van der Waals surface area contributed by atoms with Gasteiger partial charge in [0.15, 0.2) is 0 Å². The molecular weight excluding hydrogens is 336 g/mol. The molecule has 0 unspecified atom stereocenters. The summed E-state index contributed by atoms with van der Waals surface area (Å²) in [5, 5.41) is 0.764. The van der Waals surface area contributed by atoms with E-state index in [0.717, 1.165) is 43.6 Å². The number of anilines is 1. The number of piperazine rings is 1. The van der Waals surface area contributed by atoms with Crippen LogP contribution in [0.5, 0.6) is 0 Å². The summed E-state index contributed by atoms with van der Waals surface area (Å²) in [5.74, 6) is 0.906. The molecule has 3 rings (SSSR count). The number of rotatable bonds is 4. The maximum Gasteiger partial charge on any atom is 0.255 e. The van der Waals surface area contributed by atoms with Crippen molar-refractivity contribution in [1.82, 2.24) is 14.8 Å². The molecule has 1 amide bonds. The molecule has 0 saturated carbocycles. The molecule has 1 aliphatic rings. The lowest BCUT2D eigenvalue weighted by atomic mass is 10.2. The predicted molar refractivity (Wildman–Crippen MR) is 101 cm³/mol. The van der Waals surface area contributed by atoms with Crippen molar-refractivity contribution in [2.24, 2.45) is 0 Å². The van der Waals surface area contributed by atoms with Crippen molar-refractivity contribution in [3.8, 4) is 0 Å². The van der Waals surface area contributed by atoms with Gasteiger partial charge < -0.3 is 9.80 Å². The van der Waals surface area contributed by atoms with Gasteiger partial charge in [-0.15, -0.1) is 0 Å². The number of carbonyl (C=O) groups excluding carboxylic acids is 1. The summed E-state index contributed by atoms with van der Waals surface area (Å²) in [4.78, 5) is 23.1. The van der Waals surface area contributed by atoms with E-state index >= 15 is 0 Å². The highest BCUT2D eigenvalue weighted by Gasteiger charge is 2.22. The van der Waals surface area contributed by atoms with Crippen LogP contribution in [0.25, 0.3) is 0 Å². The van der Waals surface area contributed by atoms with Gasteiger partial charge in [-0.05, 0) is 29.8 Å². The molecule has 0 atom stereocenters. The predicted octanol–water partition coefficient (Wildman–Crippen LogP) is 2.76. The van der Waals surface area contributed by atoms with E-state index in [1.165, 1.54) is 5.56 Å². The van der Waals surface area contributed by atoms with Crippen molar-refractivity contribution in [1.29, 1.82) is 0 Å². The Hall–Kier alpha value is -2.11. The van der Waals surface area contributed by atoms with Gasteiger partial charge in [-0.25, -0.2) is 4.98 Å². The van der Waals surface area contributed by atoms with Gasteiger partial charge in [0.05, 0.1) is 5.56 Å². The Kier molecular flexibility index (Phi) is 5.56. The monoisotopic (exact) mass is 358 g/mol. The molecule has 0 radical (unpaired) electrons. The molecule has 0 spiro atoms. The number of aromatic nitrogens is 1. The van der Waals surface area contributed by atoms with Crippen LogP contribution in [0.2, 0.25) is 5.02 Å². The first-order valence-electron chi connectivity index (χ1n) is 8.42. The minimum absolute atomic E-state index is 0.0558. The van der Waals surface area contributed by atoms with E-state index < -0.39 is 0 Å². The summed E-state index contributed by atoms with van der Waals surface area (Å²) in [6, 6.07) is 11.7. The highest BCUT2D eigenvalue weighted by Crippen LogP contribution is 2.15. The zero-order valence-electron chi connectivity index (χ0n) is 14.7. The maximum atomic E-state index is 12.6. The third-order valence-corrected chi connectivity index (χ3v) is 4.64. The lowest BCUT2D eigenvalue weighted by molar-refractivity contribution is 0.0628. The Morgan fingerprint density at radius 3 is 2.52 bits per heavy atom. The molecule has 6 heteroatoms. The number of pyridine rings is 1. The summed E-state index contributed by atoms with van der Waals surface area (Å²) >= 11 is 6.05. The summed E-state index contributed by atoms with van der Waals surface area (Å²) in [5.41, 5.74) is 1.85. The van der Waals surface area contributed by atoms with E-state index in [9.17, 15) is 4.79 Å². The summed E-state index contributed by atoms with van der Waals surface area (Å²) in [6.45, 7) is 4.05. The van der Waals surface area contributed by atoms with E-state index in [0.29, 0.717) is 5.56 Å². The molecule has 1 saturated heterocycles. The number of hydrogen-bond donors (Lipinski definition) is 0. The average molecular weight is 359 g/mol. The molecule has 25 heavy (non-hydrogen) atoms. The number of hydrogen-bond acceptors (Lipinski definition) is 4. The fraction of sp³-hybridized carbons (Fsp3) is 0.368. The van der Waals surface area contributed by atoms with Crippen LogP contribution in [0.3, 0.4) is 0 Å². The van der Waals surface area contributed by atoms with Crippen molar-refractivity contribution in [3.05, 3.63) is 58.7 Å². The fourth-order valence-corrected chi connectivity index (χ4v) is 3.18. The van der Waals surface area contributed by atoms with Crippen molar-refractivity contribution in [2.45, 2.75) is 6.54 Å². The molecule has 2 aromatic rings. The van der Waals surface area contributed by atoms with Crippen LogP contribution in [-0.4, -0.2) is 61.0 Å². The van der Waals surface area contributed by atoms with E-state index in [2.05, 4.69) is 16.0 Å². The van der Waals surface area contributed by atoms with E-state index in [1.807, 2.05) is 54.2 Å². The Bertz CT molecular complexity index is 724. The van der Waals surface area contributed by atoms with Crippen molar-refractivity contribution >= 4 is 23.3 Å². The van der Waals surface area contributed by atoms with Gasteiger partial charge >= 0.3 is 0 Å². The third-order valence-electron chi connectivity index (χ3n) is 4.41. The normalized spacial score (nSPS) is 15.2. The minimum atomic E-state index is 0.0558. The number of halogens is 1. The molecule has 1 aromatic carbocycles. The highest BCUT2D eigenvalue weighted by molar-refractivity contribution is 6.30. The Morgan fingerprint density at radius 2 is 1.92 bits per heavy atom. The maximum absolute atomic E-state index is 12.6. The van der Waals surface area contributed by atoms with Crippen LogP contribution in [0.15, 0.2) is 42.6 Å². The van der Waals surface area contributed by atoms with E-state index in [-0.39, 0.29) is 5.91 Å². The molecule has 2 heterocycles. The lowest BCUT2D eigenvalue weighted by Gasteiger charge is -2.34. The molecule has 5 nitrogen and oxygen atoms in total. The van der Waals surface area contributed by atoms with Crippen molar-refractivity contribution < 1.29 is 4.79 Å². The van der Waals surface area contributed by atoms with Gasteiger partial charge in [0.1, 0.15) is 5.82 Å². The standard InChI is InChI=1S/C19H23ClN4O/c1-22(2)18-7-6-16(13-21-18)19(25)24-10-8-23(9-11-24)14-15-4-3-5-17(20)12-15/h3-7,12-13H,8-11,14H2,1-2H3. The highest BCUT2D eigenvalue weighted by atomic mass is 35.5. The zero-order valence-corrected chi connectivity index (χ0v) is 15.4. The molecule has 0 aliphatic carbocycles. The van der Waals surface area contributed by atoms with Crippen LogP contribution >= 0.6 is 11.6 Å². The second kappa shape index (κ2) is 7.85. The van der Waals surface area contributed by atoms with Gasteiger partial charge in [-0.3, -0.25) is 9.69 Å². The average Bonchev–Trinajstić information content (AvgIpc) is 2.62. The molecule has 0 N–H and O–H groups in total. The quantitative estimate of drug-likeness (QED) is 0.842. The largest absolute Gasteiger partial charge is 0.363 e. The number of amides is 1. The first-order valence-corrected chi connectivity index (χ1v) is 8.80. The SMILES string of the molecule is CN(C)c1ccc(C(=O)N2CCN(Cc3cccc(Cl)c3)CC2)cn1. The van der Waals surface area contributed by atoms with Crippen LogP contribution in [0.4, 0.5) is 5.82 Å². The van der Waals surface area contributed by atoms with Gasteiger partial charge in [0.25, 0.3) is 5.91 Å². The Morgan fingerprint density at radius 1 is 1.16 bits per heavy atom. The van der Waals surface area contributed by atoms with Crippen LogP contribution in [-0.2, 0) is 6.54 Å². The zero-order chi connectivity index (χ0) is 17.8. The van der Waals surface area contributed by atoms with E-state index in [1.54, 1.807) is 6.20 Å². The van der Waals surface area contributed by atoms with Gasteiger partial charge in [-0.2, -0.15) is 0 Å². The number of carbonyl (C=O) groups is 1. The Labute approximate surface area is 153 Å². The number of benzene rings is 1. The first kappa shape index (κ1) is 17.7. The third kappa shape index (κ3) is 4.50. The summed E-state index contributed by atoms with van der Waals surface area (Å²) in [7, 11) is 3.87. The smallest absolute Gasteiger partial charge is 0.255 e. The van der Waals surface area contributed by atoms with E-state index in [4.69, 9.17) is 11.6 Å².